The molecule has 0 aliphatic carbocycles. The number of ether oxygens (including phenoxy) is 1. The second kappa shape index (κ2) is 3.53. The molecule has 0 aliphatic heterocycles. The molecule has 2 rings (SSSR count). The van der Waals surface area contributed by atoms with Gasteiger partial charge in [0.05, 0.1) is 18.9 Å². The average Bonchev–Trinajstić information content (AvgIpc) is 2.74. The number of hydrogen-bond acceptors (Lipinski definition) is 4. The molecule has 78 valence electrons. The van der Waals surface area contributed by atoms with E-state index in [1.54, 1.807) is 12.3 Å². The summed E-state index contributed by atoms with van der Waals surface area (Å²) in [6.07, 6.45) is 1.56. The molecular formula is C10H10N2O3. The van der Waals surface area contributed by atoms with Crippen molar-refractivity contribution in [2.45, 2.75) is 0 Å². The zero-order valence-electron chi connectivity index (χ0n) is 8.10. The van der Waals surface area contributed by atoms with E-state index in [-0.39, 0.29) is 5.84 Å². The van der Waals surface area contributed by atoms with Crippen molar-refractivity contribution in [3.63, 3.8) is 0 Å². The molecule has 1 aromatic carbocycles. The molecule has 0 spiro atoms. The first-order chi connectivity index (χ1) is 7.27. The van der Waals surface area contributed by atoms with Gasteiger partial charge in [0.15, 0.2) is 17.2 Å². The van der Waals surface area contributed by atoms with Crippen LogP contribution in [-0.4, -0.2) is 18.2 Å². The third kappa shape index (κ3) is 1.38. The number of benzene rings is 1. The third-order valence-electron chi connectivity index (χ3n) is 2.16. The first-order valence-corrected chi connectivity index (χ1v) is 4.30. The molecule has 0 bridgehead atoms. The molecule has 0 fully saturated rings. The minimum atomic E-state index is -0.00912. The maximum atomic E-state index is 8.61. The summed E-state index contributed by atoms with van der Waals surface area (Å²) < 4.78 is 10.4. The first-order valence-electron chi connectivity index (χ1n) is 4.30. The fourth-order valence-electron chi connectivity index (χ4n) is 1.46. The lowest BCUT2D eigenvalue weighted by atomic mass is 10.1. The molecule has 0 aliphatic rings. The van der Waals surface area contributed by atoms with Crippen LogP contribution >= 0.6 is 0 Å². The second-order valence-corrected chi connectivity index (χ2v) is 2.97. The number of rotatable bonds is 2. The Morgan fingerprint density at radius 2 is 2.27 bits per heavy atom. The largest absolute Gasteiger partial charge is 0.492 e. The maximum Gasteiger partial charge on any atom is 0.176 e. The van der Waals surface area contributed by atoms with Crippen LogP contribution in [-0.2, 0) is 0 Å². The molecule has 0 unspecified atom stereocenters. The summed E-state index contributed by atoms with van der Waals surface area (Å²) in [5, 5.41) is 12.4. The van der Waals surface area contributed by atoms with Crippen molar-refractivity contribution in [2.24, 2.45) is 10.9 Å². The van der Waals surface area contributed by atoms with E-state index in [4.69, 9.17) is 20.1 Å². The predicted octanol–water partition coefficient (Wildman–Crippen LogP) is 1.54. The molecule has 0 radical (unpaired) electrons. The first kappa shape index (κ1) is 9.39. The molecule has 1 aromatic heterocycles. The van der Waals surface area contributed by atoms with Gasteiger partial charge in [-0.2, -0.15) is 0 Å². The number of furan rings is 1. The van der Waals surface area contributed by atoms with E-state index in [0.717, 1.165) is 5.39 Å². The van der Waals surface area contributed by atoms with Crippen LogP contribution in [0.5, 0.6) is 5.75 Å². The van der Waals surface area contributed by atoms with Crippen molar-refractivity contribution in [3.8, 4) is 5.75 Å². The van der Waals surface area contributed by atoms with Gasteiger partial charge in [0, 0.05) is 5.39 Å². The number of fused-ring (bicyclic) bond motifs is 1. The summed E-state index contributed by atoms with van der Waals surface area (Å²) in [5.41, 5.74) is 6.60. The predicted molar refractivity (Wildman–Crippen MR) is 55.3 cm³/mol. The highest BCUT2D eigenvalue weighted by atomic mass is 16.5. The van der Waals surface area contributed by atoms with Gasteiger partial charge in [-0.05, 0) is 12.1 Å². The van der Waals surface area contributed by atoms with Gasteiger partial charge in [0.25, 0.3) is 0 Å². The highest BCUT2D eigenvalue weighted by Crippen LogP contribution is 2.30. The normalized spacial score (nSPS) is 11.9. The SMILES string of the molecule is COc1c(/C(N)=N\O)ccc2ccoc12. The van der Waals surface area contributed by atoms with E-state index < -0.39 is 0 Å². The Bertz CT molecular complexity index is 516. The fraction of sp³-hybridized carbons (Fsp3) is 0.100. The van der Waals surface area contributed by atoms with Crippen LogP contribution in [0.1, 0.15) is 5.56 Å². The molecule has 2 aromatic rings. The molecule has 3 N–H and O–H groups in total. The summed E-state index contributed by atoms with van der Waals surface area (Å²) in [6, 6.07) is 5.34. The van der Waals surface area contributed by atoms with Gasteiger partial charge in [0.2, 0.25) is 0 Å². The minimum absolute atomic E-state index is 0.00912. The van der Waals surface area contributed by atoms with E-state index in [1.165, 1.54) is 7.11 Å². The monoisotopic (exact) mass is 206 g/mol. The Labute approximate surface area is 85.7 Å². The summed E-state index contributed by atoms with van der Waals surface area (Å²) >= 11 is 0. The zero-order valence-corrected chi connectivity index (χ0v) is 8.10. The van der Waals surface area contributed by atoms with Crippen LogP contribution in [0.3, 0.4) is 0 Å². The van der Waals surface area contributed by atoms with Crippen molar-refractivity contribution in [3.05, 3.63) is 30.0 Å². The average molecular weight is 206 g/mol. The van der Waals surface area contributed by atoms with E-state index in [0.29, 0.717) is 16.9 Å². The highest BCUT2D eigenvalue weighted by molar-refractivity contribution is 6.04. The van der Waals surface area contributed by atoms with Crippen molar-refractivity contribution in [2.75, 3.05) is 7.11 Å². The summed E-state index contributed by atoms with van der Waals surface area (Å²) in [7, 11) is 1.51. The summed E-state index contributed by atoms with van der Waals surface area (Å²) in [5.74, 6) is 0.456. The van der Waals surface area contributed by atoms with Crippen LogP contribution in [0.4, 0.5) is 0 Å². The minimum Gasteiger partial charge on any atom is -0.492 e. The molecule has 5 heteroatoms. The molecular weight excluding hydrogens is 196 g/mol. The van der Waals surface area contributed by atoms with E-state index in [2.05, 4.69) is 5.16 Å². The Kier molecular flexibility index (Phi) is 2.21. The molecule has 15 heavy (non-hydrogen) atoms. The maximum absolute atomic E-state index is 8.61. The van der Waals surface area contributed by atoms with Gasteiger partial charge in [-0.1, -0.05) is 11.2 Å². The van der Waals surface area contributed by atoms with E-state index in [9.17, 15) is 0 Å². The number of hydrogen-bond donors (Lipinski definition) is 2. The molecule has 1 heterocycles. The highest BCUT2D eigenvalue weighted by Gasteiger charge is 2.13. The summed E-state index contributed by atoms with van der Waals surface area (Å²) in [4.78, 5) is 0. The lowest BCUT2D eigenvalue weighted by molar-refractivity contribution is 0.318. The van der Waals surface area contributed by atoms with E-state index >= 15 is 0 Å². The number of nitrogens with zero attached hydrogens (tertiary/aromatic N) is 1. The van der Waals surface area contributed by atoms with Crippen molar-refractivity contribution >= 4 is 16.8 Å². The fourth-order valence-corrected chi connectivity index (χ4v) is 1.46. The van der Waals surface area contributed by atoms with Crippen molar-refractivity contribution < 1.29 is 14.4 Å². The molecule has 0 saturated heterocycles. The quantitative estimate of drug-likeness (QED) is 0.338. The van der Waals surface area contributed by atoms with Gasteiger partial charge in [-0.3, -0.25) is 0 Å². The molecule has 5 nitrogen and oxygen atoms in total. The Balaban J connectivity index is 2.74. The van der Waals surface area contributed by atoms with E-state index in [1.807, 2.05) is 12.1 Å². The third-order valence-corrected chi connectivity index (χ3v) is 2.16. The van der Waals surface area contributed by atoms with Crippen LogP contribution in [0.15, 0.2) is 34.0 Å². The molecule has 0 atom stereocenters. The van der Waals surface area contributed by atoms with Crippen molar-refractivity contribution in [1.29, 1.82) is 0 Å². The van der Waals surface area contributed by atoms with Gasteiger partial charge in [0.1, 0.15) is 0 Å². The standard InChI is InChI=1S/C10H10N2O3/c1-14-9-7(10(11)12-13)3-2-6-4-5-15-8(6)9/h2-5,13H,1H3,(H2,11,12). The lowest BCUT2D eigenvalue weighted by Gasteiger charge is -2.06. The van der Waals surface area contributed by atoms with Gasteiger partial charge in [-0.15, -0.1) is 0 Å². The van der Waals surface area contributed by atoms with Crippen molar-refractivity contribution in [1.82, 2.24) is 0 Å². The van der Waals surface area contributed by atoms with Gasteiger partial charge >= 0.3 is 0 Å². The summed E-state index contributed by atoms with van der Waals surface area (Å²) in [6.45, 7) is 0. The Morgan fingerprint density at radius 3 is 2.93 bits per heavy atom. The number of amidine groups is 1. The van der Waals surface area contributed by atoms with Crippen LogP contribution in [0.25, 0.3) is 11.0 Å². The van der Waals surface area contributed by atoms with Gasteiger partial charge < -0.3 is 20.1 Å². The Morgan fingerprint density at radius 1 is 1.47 bits per heavy atom. The van der Waals surface area contributed by atoms with Crippen LogP contribution in [0, 0.1) is 0 Å². The Hall–Kier alpha value is -2.17. The number of oxime groups is 1. The topological polar surface area (TPSA) is 81.0 Å². The van der Waals surface area contributed by atoms with Crippen LogP contribution < -0.4 is 10.5 Å². The zero-order chi connectivity index (χ0) is 10.8. The number of methoxy groups -OCH3 is 1. The van der Waals surface area contributed by atoms with Gasteiger partial charge in [-0.25, -0.2) is 0 Å². The number of nitrogens with two attached hydrogens (primary N) is 1. The molecule has 0 saturated carbocycles. The second-order valence-electron chi connectivity index (χ2n) is 2.97. The van der Waals surface area contributed by atoms with Crippen LogP contribution in [0.2, 0.25) is 0 Å². The molecule has 0 amide bonds. The lowest BCUT2D eigenvalue weighted by Crippen LogP contribution is -2.14. The smallest absolute Gasteiger partial charge is 0.176 e.